The number of hydrogen-bond donors (Lipinski definition) is 0. The second-order valence-electron chi connectivity index (χ2n) is 5.46. The first-order valence-electron chi connectivity index (χ1n) is 6.49. The molecule has 2 aliphatic rings. The number of carbonyl (C=O) groups is 1. The SMILES string of the molecule is CC1CCCC(N2CCCC(C=O)C2)C1. The lowest BCUT2D eigenvalue weighted by atomic mass is 9.85. The van der Waals surface area contributed by atoms with Crippen molar-refractivity contribution >= 4 is 6.29 Å². The number of rotatable bonds is 2. The monoisotopic (exact) mass is 209 g/mol. The van der Waals surface area contributed by atoms with E-state index in [2.05, 4.69) is 11.8 Å². The molecule has 0 aromatic heterocycles. The first-order chi connectivity index (χ1) is 7.29. The summed E-state index contributed by atoms with van der Waals surface area (Å²) >= 11 is 0. The van der Waals surface area contributed by atoms with Crippen LogP contribution in [0, 0.1) is 11.8 Å². The third-order valence-electron chi connectivity index (χ3n) is 4.11. The Bertz CT molecular complexity index is 217. The van der Waals surface area contributed by atoms with Gasteiger partial charge in [-0.2, -0.15) is 0 Å². The number of piperidine rings is 1. The van der Waals surface area contributed by atoms with E-state index >= 15 is 0 Å². The van der Waals surface area contributed by atoms with Crippen LogP contribution >= 0.6 is 0 Å². The zero-order valence-corrected chi connectivity index (χ0v) is 9.82. The van der Waals surface area contributed by atoms with E-state index in [1.165, 1.54) is 44.9 Å². The van der Waals surface area contributed by atoms with Crippen LogP contribution in [0.15, 0.2) is 0 Å². The lowest BCUT2D eigenvalue weighted by Gasteiger charge is -2.40. The van der Waals surface area contributed by atoms with Crippen molar-refractivity contribution in [3.63, 3.8) is 0 Å². The molecule has 1 saturated carbocycles. The third-order valence-corrected chi connectivity index (χ3v) is 4.11. The standard InChI is InChI=1S/C13H23NO/c1-11-4-2-6-13(8-11)14-7-3-5-12(9-14)10-15/h10-13H,2-9H2,1H3. The van der Waals surface area contributed by atoms with Crippen molar-refractivity contribution in [3.05, 3.63) is 0 Å². The van der Waals surface area contributed by atoms with Gasteiger partial charge in [-0.15, -0.1) is 0 Å². The molecule has 1 heterocycles. The van der Waals surface area contributed by atoms with Crippen LogP contribution in [0.4, 0.5) is 0 Å². The van der Waals surface area contributed by atoms with Gasteiger partial charge in [0.1, 0.15) is 6.29 Å². The molecule has 15 heavy (non-hydrogen) atoms. The van der Waals surface area contributed by atoms with E-state index in [1.54, 1.807) is 0 Å². The van der Waals surface area contributed by atoms with Crippen molar-refractivity contribution in [2.45, 2.75) is 51.5 Å². The Kier molecular flexibility index (Phi) is 3.79. The molecule has 0 amide bonds. The van der Waals surface area contributed by atoms with Gasteiger partial charge < -0.3 is 4.79 Å². The Morgan fingerprint density at radius 2 is 2.07 bits per heavy atom. The fourth-order valence-electron chi connectivity index (χ4n) is 3.22. The van der Waals surface area contributed by atoms with Gasteiger partial charge in [0, 0.05) is 18.5 Å². The van der Waals surface area contributed by atoms with E-state index in [9.17, 15) is 4.79 Å². The molecule has 0 N–H and O–H groups in total. The Morgan fingerprint density at radius 3 is 2.80 bits per heavy atom. The molecule has 0 aromatic rings. The molecule has 3 atom stereocenters. The minimum Gasteiger partial charge on any atom is -0.303 e. The summed E-state index contributed by atoms with van der Waals surface area (Å²) in [6, 6.07) is 0.775. The molecule has 1 saturated heterocycles. The average molecular weight is 209 g/mol. The summed E-state index contributed by atoms with van der Waals surface area (Å²) in [4.78, 5) is 13.4. The quantitative estimate of drug-likeness (QED) is 0.651. The zero-order chi connectivity index (χ0) is 10.7. The summed E-state index contributed by atoms with van der Waals surface area (Å²) < 4.78 is 0. The molecular weight excluding hydrogens is 186 g/mol. The minimum absolute atomic E-state index is 0.316. The normalized spacial score (nSPS) is 38.9. The van der Waals surface area contributed by atoms with Gasteiger partial charge in [-0.25, -0.2) is 0 Å². The summed E-state index contributed by atoms with van der Waals surface area (Å²) in [6.45, 7) is 4.62. The van der Waals surface area contributed by atoms with Crippen LogP contribution in [0.5, 0.6) is 0 Å². The van der Waals surface area contributed by atoms with Crippen LogP contribution in [0.3, 0.4) is 0 Å². The Morgan fingerprint density at radius 1 is 1.20 bits per heavy atom. The number of likely N-dealkylation sites (tertiary alicyclic amines) is 1. The van der Waals surface area contributed by atoms with Gasteiger partial charge in [-0.05, 0) is 38.1 Å². The second-order valence-corrected chi connectivity index (χ2v) is 5.46. The fraction of sp³-hybridized carbons (Fsp3) is 0.923. The molecule has 1 aliphatic carbocycles. The predicted octanol–water partition coefficient (Wildman–Crippen LogP) is 2.48. The zero-order valence-electron chi connectivity index (χ0n) is 9.82. The van der Waals surface area contributed by atoms with Crippen molar-refractivity contribution in [1.82, 2.24) is 4.90 Å². The molecule has 86 valence electrons. The fourth-order valence-corrected chi connectivity index (χ4v) is 3.22. The number of nitrogens with zero attached hydrogens (tertiary/aromatic N) is 1. The van der Waals surface area contributed by atoms with Gasteiger partial charge in [0.05, 0.1) is 0 Å². The highest BCUT2D eigenvalue weighted by Crippen LogP contribution is 2.29. The number of hydrogen-bond acceptors (Lipinski definition) is 2. The van der Waals surface area contributed by atoms with Crippen LogP contribution in [-0.4, -0.2) is 30.3 Å². The Balaban J connectivity index is 1.88. The summed E-state index contributed by atoms with van der Waals surface area (Å²) in [7, 11) is 0. The smallest absolute Gasteiger partial charge is 0.124 e. The third kappa shape index (κ3) is 2.81. The highest BCUT2D eigenvalue weighted by molar-refractivity contribution is 5.53. The molecule has 0 aromatic carbocycles. The lowest BCUT2D eigenvalue weighted by Crippen LogP contribution is -2.44. The van der Waals surface area contributed by atoms with Crippen LogP contribution in [0.1, 0.15) is 45.4 Å². The molecule has 2 rings (SSSR count). The van der Waals surface area contributed by atoms with E-state index in [0.29, 0.717) is 5.92 Å². The first kappa shape index (κ1) is 11.1. The number of carbonyl (C=O) groups excluding carboxylic acids is 1. The van der Waals surface area contributed by atoms with Gasteiger partial charge in [-0.3, -0.25) is 4.90 Å². The molecule has 3 unspecified atom stereocenters. The molecule has 0 spiro atoms. The average Bonchev–Trinajstić information content (AvgIpc) is 2.29. The molecule has 2 fully saturated rings. The van der Waals surface area contributed by atoms with Crippen LogP contribution in [-0.2, 0) is 4.79 Å². The molecule has 2 heteroatoms. The molecular formula is C13H23NO. The summed E-state index contributed by atoms with van der Waals surface area (Å²) in [5.74, 6) is 1.20. The maximum atomic E-state index is 10.8. The van der Waals surface area contributed by atoms with Crippen molar-refractivity contribution in [2.75, 3.05) is 13.1 Å². The first-order valence-corrected chi connectivity index (χ1v) is 6.49. The highest BCUT2D eigenvalue weighted by atomic mass is 16.1. The molecule has 1 aliphatic heterocycles. The van der Waals surface area contributed by atoms with Gasteiger partial charge in [0.15, 0.2) is 0 Å². The predicted molar refractivity (Wildman–Crippen MR) is 61.8 cm³/mol. The highest BCUT2D eigenvalue weighted by Gasteiger charge is 2.28. The van der Waals surface area contributed by atoms with Crippen molar-refractivity contribution in [3.8, 4) is 0 Å². The second kappa shape index (κ2) is 5.11. The Labute approximate surface area is 93.0 Å². The maximum Gasteiger partial charge on any atom is 0.124 e. The Hall–Kier alpha value is -0.370. The largest absolute Gasteiger partial charge is 0.303 e. The van der Waals surface area contributed by atoms with Crippen molar-refractivity contribution in [1.29, 1.82) is 0 Å². The van der Waals surface area contributed by atoms with Gasteiger partial charge in [-0.1, -0.05) is 19.8 Å². The van der Waals surface area contributed by atoms with E-state index < -0.39 is 0 Å². The van der Waals surface area contributed by atoms with Gasteiger partial charge in [0.2, 0.25) is 0 Å². The van der Waals surface area contributed by atoms with Crippen LogP contribution in [0.25, 0.3) is 0 Å². The lowest BCUT2D eigenvalue weighted by molar-refractivity contribution is -0.113. The summed E-state index contributed by atoms with van der Waals surface area (Å²) in [5, 5.41) is 0. The van der Waals surface area contributed by atoms with Crippen molar-refractivity contribution < 1.29 is 4.79 Å². The topological polar surface area (TPSA) is 20.3 Å². The maximum absolute atomic E-state index is 10.8. The van der Waals surface area contributed by atoms with Crippen LogP contribution in [0.2, 0.25) is 0 Å². The molecule has 0 radical (unpaired) electrons. The van der Waals surface area contributed by atoms with E-state index in [-0.39, 0.29) is 0 Å². The van der Waals surface area contributed by atoms with Crippen LogP contribution < -0.4 is 0 Å². The van der Waals surface area contributed by atoms with E-state index in [0.717, 1.165) is 24.9 Å². The molecule has 0 bridgehead atoms. The van der Waals surface area contributed by atoms with Gasteiger partial charge in [0.25, 0.3) is 0 Å². The van der Waals surface area contributed by atoms with Gasteiger partial charge >= 0.3 is 0 Å². The number of aldehydes is 1. The van der Waals surface area contributed by atoms with E-state index in [1.807, 2.05) is 0 Å². The summed E-state index contributed by atoms with van der Waals surface area (Å²) in [6.07, 6.45) is 8.99. The molecule has 2 nitrogen and oxygen atoms in total. The van der Waals surface area contributed by atoms with Crippen molar-refractivity contribution in [2.24, 2.45) is 11.8 Å². The minimum atomic E-state index is 0.316. The summed E-state index contributed by atoms with van der Waals surface area (Å²) in [5.41, 5.74) is 0. The van der Waals surface area contributed by atoms with E-state index in [4.69, 9.17) is 0 Å².